The van der Waals surface area contributed by atoms with E-state index >= 15 is 0 Å². The normalized spacial score (nSPS) is 18.0. The molecule has 2 heterocycles. The van der Waals surface area contributed by atoms with Gasteiger partial charge in [0.2, 0.25) is 10.0 Å². The van der Waals surface area contributed by atoms with Gasteiger partial charge in [-0.05, 0) is 43.9 Å². The fourth-order valence-corrected chi connectivity index (χ4v) is 6.36. The Kier molecular flexibility index (Phi) is 7.67. The number of rotatable bonds is 7. The van der Waals surface area contributed by atoms with Crippen molar-refractivity contribution in [1.82, 2.24) is 9.29 Å². The lowest BCUT2D eigenvalue weighted by molar-refractivity contribution is -0.122. The molecule has 2 atom stereocenters. The Bertz CT molecular complexity index is 1170. The molecule has 0 bridgehead atoms. The summed E-state index contributed by atoms with van der Waals surface area (Å²) < 4.78 is 32.6. The fraction of sp³-hybridized carbons (Fsp3) is 0.429. The third-order valence-corrected chi connectivity index (χ3v) is 8.46. The Labute approximate surface area is 195 Å². The van der Waals surface area contributed by atoms with Crippen LogP contribution in [0, 0.1) is 24.2 Å². The van der Waals surface area contributed by atoms with Gasteiger partial charge >= 0.3 is 5.97 Å². The molecule has 0 radical (unpaired) electrons. The number of thiazole rings is 1. The zero-order chi connectivity index (χ0) is 23.5. The highest BCUT2D eigenvalue weighted by molar-refractivity contribution is 7.89. The maximum absolute atomic E-state index is 13.1. The Morgan fingerprint density at radius 1 is 1.44 bits per heavy atom. The summed E-state index contributed by atoms with van der Waals surface area (Å²) in [7, 11) is -3.89. The Balaban J connectivity index is 1.74. The van der Waals surface area contributed by atoms with Gasteiger partial charge in [-0.1, -0.05) is 18.5 Å². The van der Waals surface area contributed by atoms with E-state index in [9.17, 15) is 23.3 Å². The van der Waals surface area contributed by atoms with E-state index in [-0.39, 0.29) is 21.4 Å². The van der Waals surface area contributed by atoms with E-state index in [1.165, 1.54) is 27.8 Å². The second-order valence-electron chi connectivity index (χ2n) is 7.69. The third-order valence-electron chi connectivity index (χ3n) is 5.08. The number of hydrogen-bond acceptors (Lipinski definition) is 8. The van der Waals surface area contributed by atoms with Crippen molar-refractivity contribution >= 4 is 44.7 Å². The van der Waals surface area contributed by atoms with Crippen LogP contribution < -0.4 is 0 Å². The van der Waals surface area contributed by atoms with E-state index in [1.54, 1.807) is 12.3 Å². The first-order valence-corrected chi connectivity index (χ1v) is 12.6. The molecule has 1 aliphatic rings. The van der Waals surface area contributed by atoms with Crippen LogP contribution in [0.5, 0.6) is 0 Å². The molecule has 1 saturated heterocycles. The van der Waals surface area contributed by atoms with Gasteiger partial charge in [0.05, 0.1) is 16.7 Å². The molecule has 0 spiro atoms. The zero-order valence-electron chi connectivity index (χ0n) is 17.6. The van der Waals surface area contributed by atoms with Gasteiger partial charge < -0.3 is 4.74 Å². The van der Waals surface area contributed by atoms with Gasteiger partial charge in [-0.3, -0.25) is 4.79 Å². The summed E-state index contributed by atoms with van der Waals surface area (Å²) >= 11 is 7.32. The van der Waals surface area contributed by atoms with Crippen LogP contribution in [-0.4, -0.2) is 49.2 Å². The lowest BCUT2D eigenvalue weighted by Crippen LogP contribution is -2.39. The maximum atomic E-state index is 13.1. The second-order valence-corrected chi connectivity index (χ2v) is 10.9. The van der Waals surface area contributed by atoms with Crippen molar-refractivity contribution in [3.05, 3.63) is 44.9 Å². The van der Waals surface area contributed by atoms with Crippen LogP contribution in [0.25, 0.3) is 0 Å². The number of Topliss-reactive ketones (excluding diaryl/α,β-unsaturated/α-hetero) is 1. The van der Waals surface area contributed by atoms with Crippen LogP contribution in [0.1, 0.15) is 46.7 Å². The number of piperidine rings is 1. The SMILES string of the molecule is Cc1csc([C@H](C#N)C(=O)COC(=O)c2ccc(Cl)c(S(=O)(=O)N3CCC[C@H](C)C3)c2)n1. The molecule has 11 heteroatoms. The molecule has 1 aliphatic heterocycles. The van der Waals surface area contributed by atoms with Crippen molar-refractivity contribution in [3.63, 3.8) is 0 Å². The van der Waals surface area contributed by atoms with Gasteiger partial charge in [0.15, 0.2) is 18.3 Å². The average molecular weight is 496 g/mol. The molecular formula is C21H22ClN3O5S2. The minimum absolute atomic E-state index is 0.000429. The number of benzene rings is 1. The molecule has 1 fully saturated rings. The lowest BCUT2D eigenvalue weighted by Gasteiger charge is -2.30. The van der Waals surface area contributed by atoms with Crippen molar-refractivity contribution in [1.29, 1.82) is 5.26 Å². The topological polar surface area (TPSA) is 117 Å². The number of ether oxygens (including phenoxy) is 1. The molecule has 2 aromatic rings. The molecule has 3 rings (SSSR count). The van der Waals surface area contributed by atoms with Crippen LogP contribution in [-0.2, 0) is 19.6 Å². The molecule has 32 heavy (non-hydrogen) atoms. The second kappa shape index (κ2) is 10.1. The minimum atomic E-state index is -3.89. The van der Waals surface area contributed by atoms with Crippen LogP contribution in [0.4, 0.5) is 0 Å². The minimum Gasteiger partial charge on any atom is -0.454 e. The first-order valence-electron chi connectivity index (χ1n) is 9.94. The quantitative estimate of drug-likeness (QED) is 0.539. The number of ketones is 1. The van der Waals surface area contributed by atoms with Crippen molar-refractivity contribution < 1.29 is 22.7 Å². The van der Waals surface area contributed by atoms with Crippen molar-refractivity contribution in [3.8, 4) is 6.07 Å². The van der Waals surface area contributed by atoms with Crippen molar-refractivity contribution in [2.75, 3.05) is 19.7 Å². The standard InChI is InChI=1S/C21H22ClN3O5S2/c1-13-4-3-7-25(10-13)32(28,29)19-8-15(5-6-17(19)22)21(27)30-11-18(26)16(9-23)20-24-14(2)12-31-20/h5-6,8,12-13,16H,3-4,7,10-11H2,1-2H3/t13-,16+/m0/s1. The number of aryl methyl sites for hydroxylation is 1. The number of esters is 1. The van der Waals surface area contributed by atoms with E-state index in [4.69, 9.17) is 16.3 Å². The summed E-state index contributed by atoms with van der Waals surface area (Å²) in [6.07, 6.45) is 1.70. The molecule has 0 N–H and O–H groups in total. The highest BCUT2D eigenvalue weighted by atomic mass is 35.5. The fourth-order valence-electron chi connectivity index (χ4n) is 3.40. The smallest absolute Gasteiger partial charge is 0.338 e. The number of hydrogen-bond donors (Lipinski definition) is 0. The van der Waals surface area contributed by atoms with Crippen LogP contribution in [0.3, 0.4) is 0 Å². The summed E-state index contributed by atoms with van der Waals surface area (Å²) in [4.78, 5) is 28.8. The summed E-state index contributed by atoms with van der Waals surface area (Å²) in [5.41, 5.74) is 0.637. The van der Waals surface area contributed by atoms with E-state index in [0.717, 1.165) is 18.9 Å². The molecule has 1 aromatic heterocycles. The van der Waals surface area contributed by atoms with E-state index in [1.807, 2.05) is 13.0 Å². The van der Waals surface area contributed by atoms with E-state index in [0.29, 0.717) is 23.8 Å². The molecular weight excluding hydrogens is 474 g/mol. The average Bonchev–Trinajstić information content (AvgIpc) is 3.18. The van der Waals surface area contributed by atoms with Gasteiger partial charge in [-0.15, -0.1) is 11.3 Å². The van der Waals surface area contributed by atoms with Gasteiger partial charge in [0.1, 0.15) is 9.90 Å². The molecule has 0 unspecified atom stereocenters. The summed E-state index contributed by atoms with van der Waals surface area (Å²) in [5.74, 6) is -2.40. The van der Waals surface area contributed by atoms with Crippen LogP contribution >= 0.6 is 22.9 Å². The molecule has 0 aliphatic carbocycles. The van der Waals surface area contributed by atoms with E-state index < -0.39 is 34.3 Å². The van der Waals surface area contributed by atoms with Gasteiger partial charge in [-0.25, -0.2) is 18.2 Å². The Morgan fingerprint density at radius 3 is 2.81 bits per heavy atom. The van der Waals surface area contributed by atoms with E-state index in [2.05, 4.69) is 4.98 Å². The summed E-state index contributed by atoms with van der Waals surface area (Å²) in [6.45, 7) is 3.86. The molecule has 170 valence electrons. The van der Waals surface area contributed by atoms with Crippen LogP contribution in [0.2, 0.25) is 5.02 Å². The Morgan fingerprint density at radius 2 is 2.19 bits per heavy atom. The molecule has 1 aromatic carbocycles. The van der Waals surface area contributed by atoms with Gasteiger partial charge in [0.25, 0.3) is 0 Å². The first-order chi connectivity index (χ1) is 15.1. The predicted octanol–water partition coefficient (Wildman–Crippen LogP) is 3.56. The molecule has 0 amide bonds. The number of nitrogens with zero attached hydrogens (tertiary/aromatic N) is 3. The number of carbonyl (C=O) groups excluding carboxylic acids is 2. The molecule has 0 saturated carbocycles. The maximum Gasteiger partial charge on any atom is 0.338 e. The van der Waals surface area contributed by atoms with Crippen molar-refractivity contribution in [2.24, 2.45) is 5.92 Å². The predicted molar refractivity (Wildman–Crippen MR) is 119 cm³/mol. The highest BCUT2D eigenvalue weighted by Crippen LogP contribution is 2.29. The monoisotopic (exact) mass is 495 g/mol. The number of nitriles is 1. The van der Waals surface area contributed by atoms with Crippen LogP contribution in [0.15, 0.2) is 28.5 Å². The Hall–Kier alpha value is -2.32. The van der Waals surface area contributed by atoms with Gasteiger partial charge in [0, 0.05) is 24.2 Å². The zero-order valence-corrected chi connectivity index (χ0v) is 20.0. The number of halogens is 1. The molecule has 8 nitrogen and oxygen atoms in total. The van der Waals surface area contributed by atoms with Gasteiger partial charge in [-0.2, -0.15) is 9.57 Å². The summed E-state index contributed by atoms with van der Waals surface area (Å²) in [5, 5.41) is 11.4. The largest absolute Gasteiger partial charge is 0.454 e. The number of aromatic nitrogens is 1. The lowest BCUT2D eigenvalue weighted by atomic mass is 10.0. The number of sulfonamides is 1. The highest BCUT2D eigenvalue weighted by Gasteiger charge is 2.31. The summed E-state index contributed by atoms with van der Waals surface area (Å²) in [6, 6.07) is 5.69. The first kappa shape index (κ1) is 24.3. The van der Waals surface area contributed by atoms with Crippen molar-refractivity contribution in [2.45, 2.75) is 37.5 Å². The number of carbonyl (C=O) groups is 2. The third kappa shape index (κ3) is 5.35.